The van der Waals surface area contributed by atoms with Crippen LogP contribution in [0.4, 0.5) is 18.9 Å². The Balaban J connectivity index is 2.69. The van der Waals surface area contributed by atoms with Gasteiger partial charge in [-0.3, -0.25) is 10.1 Å². The molecule has 0 unspecified atom stereocenters. The van der Waals surface area contributed by atoms with E-state index in [1.807, 2.05) is 0 Å². The fourth-order valence-electron chi connectivity index (χ4n) is 1.92. The maximum Gasteiger partial charge on any atom is 0.423 e. The number of esters is 1. The van der Waals surface area contributed by atoms with E-state index in [2.05, 4.69) is 15.4 Å². The van der Waals surface area contributed by atoms with Crippen LogP contribution < -0.4 is 0 Å². The summed E-state index contributed by atoms with van der Waals surface area (Å²) in [5, 5.41) is 20.2. The molecule has 2 aromatic rings. The summed E-state index contributed by atoms with van der Waals surface area (Å²) in [5.41, 5.74) is -3.96. The van der Waals surface area contributed by atoms with E-state index in [1.54, 1.807) is 0 Å². The normalized spacial score (nSPS) is 11.3. The summed E-state index contributed by atoms with van der Waals surface area (Å²) >= 11 is 0. The smallest absolute Gasteiger partial charge is 0.423 e. The number of hydrogen-bond donors (Lipinski definition) is 1. The van der Waals surface area contributed by atoms with Gasteiger partial charge in [0, 0.05) is 0 Å². The average Bonchev–Trinajstić information content (AvgIpc) is 2.95. The van der Waals surface area contributed by atoms with Crippen LogP contribution in [0.1, 0.15) is 23.0 Å². The van der Waals surface area contributed by atoms with E-state index in [4.69, 9.17) is 4.74 Å². The number of carbonyl (C=O) groups excluding carboxylic acids is 1. The van der Waals surface area contributed by atoms with E-state index in [-0.39, 0.29) is 12.3 Å². The van der Waals surface area contributed by atoms with E-state index in [1.165, 1.54) is 6.92 Å². The Morgan fingerprint density at radius 1 is 1.39 bits per heavy atom. The van der Waals surface area contributed by atoms with Crippen LogP contribution in [0.15, 0.2) is 18.2 Å². The third-order valence-electron chi connectivity index (χ3n) is 2.80. The summed E-state index contributed by atoms with van der Waals surface area (Å²) in [4.78, 5) is 21.7. The van der Waals surface area contributed by atoms with Crippen LogP contribution in [0.5, 0.6) is 0 Å². The topological polar surface area (TPSA) is 111 Å². The molecule has 122 valence electrons. The molecule has 23 heavy (non-hydrogen) atoms. The van der Waals surface area contributed by atoms with E-state index in [9.17, 15) is 28.1 Å². The molecule has 0 atom stereocenters. The van der Waals surface area contributed by atoms with Crippen molar-refractivity contribution in [2.24, 2.45) is 0 Å². The lowest BCUT2D eigenvalue weighted by Gasteiger charge is -2.09. The van der Waals surface area contributed by atoms with Gasteiger partial charge >= 0.3 is 12.1 Å². The number of alkyl halides is 3. The first-order chi connectivity index (χ1) is 10.8. The number of H-pyrrole nitrogens is 1. The molecule has 0 saturated heterocycles. The maximum absolute atomic E-state index is 13.0. The van der Waals surface area contributed by atoms with Crippen LogP contribution in [0.25, 0.3) is 11.3 Å². The van der Waals surface area contributed by atoms with E-state index in [0.717, 1.165) is 12.1 Å². The van der Waals surface area contributed by atoms with Crippen molar-refractivity contribution >= 4 is 11.7 Å². The molecule has 0 aliphatic rings. The zero-order valence-electron chi connectivity index (χ0n) is 11.5. The molecule has 1 aromatic carbocycles. The molecule has 0 fully saturated rings. The molecule has 0 aliphatic heterocycles. The summed E-state index contributed by atoms with van der Waals surface area (Å²) in [6.07, 6.45) is -4.94. The molecule has 0 aliphatic carbocycles. The largest absolute Gasteiger partial charge is 0.461 e. The van der Waals surface area contributed by atoms with Crippen molar-refractivity contribution in [1.29, 1.82) is 0 Å². The lowest BCUT2D eigenvalue weighted by atomic mass is 10.0. The SMILES string of the molecule is CCOC(=O)c1n[nH]nc1-c1cccc(C(F)(F)F)c1[N+](=O)[O-]. The zero-order chi connectivity index (χ0) is 17.2. The number of carbonyl (C=O) groups is 1. The molecule has 0 bridgehead atoms. The number of halogens is 3. The first kappa shape index (κ1) is 16.4. The predicted octanol–water partition coefficient (Wildman–Crippen LogP) is 2.58. The first-order valence-electron chi connectivity index (χ1n) is 6.20. The lowest BCUT2D eigenvalue weighted by molar-refractivity contribution is -0.387. The van der Waals surface area contributed by atoms with Gasteiger partial charge in [-0.05, 0) is 19.1 Å². The number of ether oxygens (including phenoxy) is 1. The molecule has 1 aromatic heterocycles. The van der Waals surface area contributed by atoms with Gasteiger partial charge in [0.25, 0.3) is 5.69 Å². The second-order valence-corrected chi connectivity index (χ2v) is 4.20. The van der Waals surface area contributed by atoms with Gasteiger partial charge in [-0.25, -0.2) is 4.79 Å². The monoisotopic (exact) mass is 330 g/mol. The Bertz CT molecular complexity index is 757. The standard InChI is InChI=1S/C12H9F3N4O4/c1-2-23-11(20)9-8(16-18-17-9)6-4-3-5-7(12(13,14)15)10(6)19(21)22/h3-5H,2H2,1H3,(H,16,17,18). The molecule has 0 spiro atoms. The Hall–Kier alpha value is -2.98. The minimum Gasteiger partial charge on any atom is -0.461 e. The minimum atomic E-state index is -4.94. The van der Waals surface area contributed by atoms with Crippen molar-refractivity contribution in [3.8, 4) is 11.3 Å². The Labute approximate surface area is 126 Å². The van der Waals surface area contributed by atoms with Crippen LogP contribution in [0.2, 0.25) is 0 Å². The van der Waals surface area contributed by atoms with Gasteiger partial charge < -0.3 is 4.74 Å². The number of hydrogen-bond acceptors (Lipinski definition) is 6. The number of benzene rings is 1. The lowest BCUT2D eigenvalue weighted by Crippen LogP contribution is -2.11. The highest BCUT2D eigenvalue weighted by Crippen LogP contribution is 2.41. The summed E-state index contributed by atoms with van der Waals surface area (Å²) < 4.78 is 43.6. The number of aromatic amines is 1. The molecule has 0 saturated carbocycles. The van der Waals surface area contributed by atoms with Crippen LogP contribution in [-0.4, -0.2) is 32.9 Å². The molecule has 11 heteroatoms. The number of para-hydroxylation sites is 1. The van der Waals surface area contributed by atoms with Gasteiger partial charge in [0.05, 0.1) is 17.1 Å². The molecule has 0 amide bonds. The van der Waals surface area contributed by atoms with Crippen LogP contribution in [0, 0.1) is 10.1 Å². The fourth-order valence-corrected chi connectivity index (χ4v) is 1.92. The summed E-state index contributed by atoms with van der Waals surface area (Å²) in [7, 11) is 0. The van der Waals surface area contributed by atoms with Crippen molar-refractivity contribution < 1.29 is 27.6 Å². The summed E-state index contributed by atoms with van der Waals surface area (Å²) in [6.45, 7) is 1.51. The molecular weight excluding hydrogens is 321 g/mol. The van der Waals surface area contributed by atoms with E-state index >= 15 is 0 Å². The van der Waals surface area contributed by atoms with Crippen LogP contribution in [0.3, 0.4) is 0 Å². The molecule has 1 N–H and O–H groups in total. The number of aromatic nitrogens is 3. The number of nitrogens with zero attached hydrogens (tertiary/aromatic N) is 3. The number of nitro benzene ring substituents is 1. The summed E-state index contributed by atoms with van der Waals surface area (Å²) in [5.74, 6) is -0.956. The predicted molar refractivity (Wildman–Crippen MR) is 69.4 cm³/mol. The number of rotatable bonds is 4. The van der Waals surface area contributed by atoms with Crippen molar-refractivity contribution in [1.82, 2.24) is 15.4 Å². The Morgan fingerprint density at radius 3 is 2.65 bits per heavy atom. The van der Waals surface area contributed by atoms with E-state index in [0.29, 0.717) is 6.07 Å². The molecule has 2 rings (SSSR count). The Kier molecular flexibility index (Phi) is 4.29. The third-order valence-corrected chi connectivity index (χ3v) is 2.80. The van der Waals surface area contributed by atoms with Gasteiger partial charge in [0.15, 0.2) is 5.69 Å². The summed E-state index contributed by atoms with van der Waals surface area (Å²) in [6, 6.07) is 2.61. The first-order valence-corrected chi connectivity index (χ1v) is 6.20. The van der Waals surface area contributed by atoms with Crippen molar-refractivity contribution in [3.63, 3.8) is 0 Å². The van der Waals surface area contributed by atoms with E-state index < -0.39 is 39.6 Å². The maximum atomic E-state index is 13.0. The van der Waals surface area contributed by atoms with Crippen molar-refractivity contribution in [2.45, 2.75) is 13.1 Å². The average molecular weight is 330 g/mol. The second kappa shape index (κ2) is 6.02. The van der Waals surface area contributed by atoms with Gasteiger partial charge in [0.1, 0.15) is 11.3 Å². The molecule has 0 radical (unpaired) electrons. The van der Waals surface area contributed by atoms with Crippen LogP contribution >= 0.6 is 0 Å². The van der Waals surface area contributed by atoms with Gasteiger partial charge in [-0.2, -0.15) is 23.5 Å². The van der Waals surface area contributed by atoms with Crippen LogP contribution in [-0.2, 0) is 10.9 Å². The Morgan fingerprint density at radius 2 is 2.09 bits per heavy atom. The fraction of sp³-hybridized carbons (Fsp3) is 0.250. The number of nitrogens with one attached hydrogen (secondary N) is 1. The highest BCUT2D eigenvalue weighted by atomic mass is 19.4. The number of nitro groups is 1. The molecule has 8 nitrogen and oxygen atoms in total. The van der Waals surface area contributed by atoms with Crippen molar-refractivity contribution in [3.05, 3.63) is 39.6 Å². The molecule has 1 heterocycles. The highest BCUT2D eigenvalue weighted by Gasteiger charge is 2.41. The zero-order valence-corrected chi connectivity index (χ0v) is 11.5. The van der Waals surface area contributed by atoms with Crippen molar-refractivity contribution in [2.75, 3.05) is 6.61 Å². The van der Waals surface area contributed by atoms with Gasteiger partial charge in [-0.1, -0.05) is 6.07 Å². The highest BCUT2D eigenvalue weighted by molar-refractivity contribution is 5.95. The molecular formula is C12H9F3N4O4. The quantitative estimate of drug-likeness (QED) is 0.524. The van der Waals surface area contributed by atoms with Gasteiger partial charge in [0.2, 0.25) is 0 Å². The van der Waals surface area contributed by atoms with Gasteiger partial charge in [-0.15, -0.1) is 5.10 Å². The minimum absolute atomic E-state index is 0.00415. The third kappa shape index (κ3) is 3.12. The second-order valence-electron chi connectivity index (χ2n) is 4.20.